The highest BCUT2D eigenvalue weighted by Gasteiger charge is 2.40. The number of rotatable bonds is 5. The smallest absolute Gasteiger partial charge is 0.141 e. The van der Waals surface area contributed by atoms with Gasteiger partial charge in [-0.1, -0.05) is 106 Å². The van der Waals surface area contributed by atoms with E-state index in [1.54, 1.807) is 6.07 Å². The second-order valence-electron chi connectivity index (χ2n) is 10.9. The van der Waals surface area contributed by atoms with Crippen molar-refractivity contribution in [3.63, 3.8) is 0 Å². The van der Waals surface area contributed by atoms with Gasteiger partial charge in [0.15, 0.2) is 0 Å². The second-order valence-corrected chi connectivity index (χ2v) is 11.3. The summed E-state index contributed by atoms with van der Waals surface area (Å²) < 4.78 is 14.2. The van der Waals surface area contributed by atoms with E-state index in [1.165, 1.54) is 33.0 Å². The third-order valence-corrected chi connectivity index (χ3v) is 8.46. The van der Waals surface area contributed by atoms with Gasteiger partial charge in [0.1, 0.15) is 5.82 Å². The maximum absolute atomic E-state index is 14.2. The Morgan fingerprint density at radius 3 is 2.62 bits per heavy atom. The maximum Gasteiger partial charge on any atom is 0.141 e. The fourth-order valence-corrected chi connectivity index (χ4v) is 6.26. The molecule has 2 heteroatoms. The molecular weight excluding hydrogens is 439 g/mol. The van der Waals surface area contributed by atoms with Crippen LogP contribution < -0.4 is 0 Å². The van der Waals surface area contributed by atoms with Crippen LogP contribution >= 0.6 is 11.6 Å². The van der Waals surface area contributed by atoms with Crippen LogP contribution in [0.4, 0.5) is 4.39 Å². The summed E-state index contributed by atoms with van der Waals surface area (Å²) in [5.74, 6) is 0.803. The van der Waals surface area contributed by atoms with E-state index in [2.05, 4.69) is 76.2 Å². The summed E-state index contributed by atoms with van der Waals surface area (Å²) in [7, 11) is 0. The summed E-state index contributed by atoms with van der Waals surface area (Å²) in [6.07, 6.45) is 9.16. The molecule has 3 unspecified atom stereocenters. The van der Waals surface area contributed by atoms with Gasteiger partial charge in [0, 0.05) is 5.92 Å². The first-order valence-electron chi connectivity index (χ1n) is 12.7. The molecule has 0 heterocycles. The lowest BCUT2D eigenvalue weighted by Crippen LogP contribution is -2.27. The topological polar surface area (TPSA) is 0 Å². The molecule has 0 spiro atoms. The zero-order valence-electron chi connectivity index (χ0n) is 20.7. The molecule has 2 aliphatic carbocycles. The molecule has 5 rings (SSSR count). The normalized spacial score (nSPS) is 24.0. The number of hydrogen-bond donors (Lipinski definition) is 0. The van der Waals surface area contributed by atoms with E-state index in [4.69, 9.17) is 11.6 Å². The van der Waals surface area contributed by atoms with Crippen molar-refractivity contribution in [3.05, 3.63) is 99.9 Å². The molecule has 0 nitrogen and oxygen atoms in total. The predicted molar refractivity (Wildman–Crippen MR) is 144 cm³/mol. The number of halogens is 2. The molecular formula is C32H34ClF. The van der Waals surface area contributed by atoms with Crippen LogP contribution in [0.1, 0.15) is 81.9 Å². The summed E-state index contributed by atoms with van der Waals surface area (Å²) in [5, 5.41) is 2.85. The van der Waals surface area contributed by atoms with E-state index in [9.17, 15) is 4.39 Å². The fourth-order valence-electron chi connectivity index (χ4n) is 6.07. The summed E-state index contributed by atoms with van der Waals surface area (Å²) in [6.45, 7) is 9.25. The van der Waals surface area contributed by atoms with E-state index in [0.717, 1.165) is 31.2 Å². The lowest BCUT2D eigenvalue weighted by molar-refractivity contribution is 0.376. The summed E-state index contributed by atoms with van der Waals surface area (Å²) in [4.78, 5) is 0. The number of fused-ring (bicyclic) bond motifs is 4. The molecule has 0 amide bonds. The first kappa shape index (κ1) is 23.4. The highest BCUT2D eigenvalue weighted by Crippen LogP contribution is 2.57. The predicted octanol–water partition coefficient (Wildman–Crippen LogP) is 10.1. The molecule has 0 saturated heterocycles. The van der Waals surface area contributed by atoms with Crippen molar-refractivity contribution in [2.45, 2.75) is 65.2 Å². The fraction of sp³-hybridized carbons (Fsp3) is 0.375. The molecule has 0 bridgehead atoms. The Balaban J connectivity index is 1.80. The molecule has 176 valence electrons. The van der Waals surface area contributed by atoms with Crippen LogP contribution in [0.25, 0.3) is 16.3 Å². The van der Waals surface area contributed by atoms with Crippen molar-refractivity contribution in [2.24, 2.45) is 11.3 Å². The Hall–Kier alpha value is -2.38. The molecule has 0 saturated carbocycles. The van der Waals surface area contributed by atoms with E-state index in [1.807, 2.05) is 12.1 Å². The monoisotopic (exact) mass is 472 g/mol. The standard InChI is InChI=1S/C32H34ClF/c1-5-32(4)17-16-24-25-14-11-21-8-6-7-9-23(21)31(25)26(13-10-20(2)3)30(27(24)19-32)22-12-15-29(34)28(33)18-22/h6-9,11-12,14-18,20,26,30H,5,10,13,19H2,1-4H3. The number of hydrogen-bond acceptors (Lipinski definition) is 0. The zero-order valence-corrected chi connectivity index (χ0v) is 21.4. The summed E-state index contributed by atoms with van der Waals surface area (Å²) in [6, 6.07) is 18.8. The third kappa shape index (κ3) is 4.03. The van der Waals surface area contributed by atoms with E-state index >= 15 is 0 Å². The Labute approximate surface area is 208 Å². The highest BCUT2D eigenvalue weighted by molar-refractivity contribution is 6.30. The molecule has 0 aliphatic heterocycles. The molecule has 0 radical (unpaired) electrons. The molecule has 3 atom stereocenters. The third-order valence-electron chi connectivity index (χ3n) is 8.17. The minimum atomic E-state index is -0.345. The average Bonchev–Trinajstić information content (AvgIpc) is 2.83. The highest BCUT2D eigenvalue weighted by atomic mass is 35.5. The van der Waals surface area contributed by atoms with Gasteiger partial charge in [-0.25, -0.2) is 4.39 Å². The van der Waals surface area contributed by atoms with Crippen LogP contribution in [0.5, 0.6) is 0 Å². The van der Waals surface area contributed by atoms with Crippen LogP contribution in [0.3, 0.4) is 0 Å². The van der Waals surface area contributed by atoms with Crippen LogP contribution in [0, 0.1) is 17.2 Å². The van der Waals surface area contributed by atoms with Gasteiger partial charge >= 0.3 is 0 Å². The Kier molecular flexibility index (Phi) is 6.19. The van der Waals surface area contributed by atoms with Crippen molar-refractivity contribution in [3.8, 4) is 0 Å². The number of benzene rings is 3. The van der Waals surface area contributed by atoms with E-state index in [0.29, 0.717) is 11.8 Å². The van der Waals surface area contributed by atoms with Crippen molar-refractivity contribution < 1.29 is 4.39 Å². The van der Waals surface area contributed by atoms with Crippen molar-refractivity contribution >= 4 is 27.9 Å². The molecule has 0 aromatic heterocycles. The van der Waals surface area contributed by atoms with Gasteiger partial charge in [-0.2, -0.15) is 0 Å². The maximum atomic E-state index is 14.2. The van der Waals surface area contributed by atoms with Crippen molar-refractivity contribution in [1.29, 1.82) is 0 Å². The van der Waals surface area contributed by atoms with Gasteiger partial charge in [-0.15, -0.1) is 0 Å². The van der Waals surface area contributed by atoms with Gasteiger partial charge in [0.05, 0.1) is 5.02 Å². The largest absolute Gasteiger partial charge is 0.205 e. The van der Waals surface area contributed by atoms with Crippen LogP contribution in [0.2, 0.25) is 5.02 Å². The lowest BCUT2D eigenvalue weighted by atomic mass is 9.61. The van der Waals surface area contributed by atoms with E-state index in [-0.39, 0.29) is 22.2 Å². The van der Waals surface area contributed by atoms with Gasteiger partial charge in [-0.3, -0.25) is 0 Å². The Bertz CT molecular complexity index is 1300. The van der Waals surface area contributed by atoms with Gasteiger partial charge < -0.3 is 0 Å². The first-order chi connectivity index (χ1) is 16.3. The van der Waals surface area contributed by atoms with Crippen molar-refractivity contribution in [1.82, 2.24) is 0 Å². The minimum absolute atomic E-state index is 0.137. The first-order valence-corrected chi connectivity index (χ1v) is 13.1. The summed E-state index contributed by atoms with van der Waals surface area (Å²) >= 11 is 6.36. The lowest BCUT2D eigenvalue weighted by Gasteiger charge is -2.43. The molecule has 0 fully saturated rings. The van der Waals surface area contributed by atoms with Crippen LogP contribution in [-0.4, -0.2) is 0 Å². The molecule has 3 aromatic carbocycles. The van der Waals surface area contributed by atoms with Gasteiger partial charge in [-0.05, 0) is 81.7 Å². The summed E-state index contributed by atoms with van der Waals surface area (Å²) in [5.41, 5.74) is 6.95. The van der Waals surface area contributed by atoms with Crippen LogP contribution in [-0.2, 0) is 0 Å². The average molecular weight is 473 g/mol. The molecule has 3 aromatic rings. The van der Waals surface area contributed by atoms with Crippen LogP contribution in [0.15, 0.2) is 72.3 Å². The molecule has 0 N–H and O–H groups in total. The Morgan fingerprint density at radius 1 is 1.09 bits per heavy atom. The molecule has 2 aliphatic rings. The zero-order chi connectivity index (χ0) is 24.0. The van der Waals surface area contributed by atoms with Gasteiger partial charge in [0.2, 0.25) is 0 Å². The SMILES string of the molecule is CCC1(C)C=CC2=C(C1)C(c1ccc(F)c(Cl)c1)C(CCC(C)C)c1c2ccc2ccccc12. The second kappa shape index (κ2) is 9.00. The molecule has 34 heavy (non-hydrogen) atoms. The minimum Gasteiger partial charge on any atom is -0.205 e. The van der Waals surface area contributed by atoms with Gasteiger partial charge in [0.25, 0.3) is 0 Å². The number of allylic oxidation sites excluding steroid dienone is 4. The quantitative estimate of drug-likeness (QED) is 0.346. The van der Waals surface area contributed by atoms with E-state index < -0.39 is 0 Å². The van der Waals surface area contributed by atoms with Crippen molar-refractivity contribution in [2.75, 3.05) is 0 Å². The Morgan fingerprint density at radius 2 is 1.88 bits per heavy atom.